The van der Waals surface area contributed by atoms with E-state index in [1.54, 1.807) is 18.5 Å². The van der Waals surface area contributed by atoms with Crippen molar-refractivity contribution in [1.82, 2.24) is 4.98 Å². The highest BCUT2D eigenvalue weighted by atomic mass is 16.5. The molecule has 0 amide bonds. The van der Waals surface area contributed by atoms with Crippen LogP contribution in [-0.2, 0) is 0 Å². The molecule has 0 aliphatic heterocycles. The van der Waals surface area contributed by atoms with Crippen LogP contribution in [0.3, 0.4) is 0 Å². The van der Waals surface area contributed by atoms with E-state index in [-0.39, 0.29) is 0 Å². The van der Waals surface area contributed by atoms with Gasteiger partial charge in [-0.15, -0.1) is 5.73 Å². The van der Waals surface area contributed by atoms with Crippen LogP contribution < -0.4 is 4.74 Å². The van der Waals surface area contributed by atoms with Crippen LogP contribution in [-0.4, -0.2) is 4.98 Å². The minimum absolute atomic E-state index is 0.765. The van der Waals surface area contributed by atoms with Gasteiger partial charge in [0, 0.05) is 18.5 Å². The Bertz CT molecular complexity index is 423. The van der Waals surface area contributed by atoms with E-state index in [0.717, 1.165) is 11.5 Å². The Balaban J connectivity index is 2.16. The average Bonchev–Trinajstić information content (AvgIpc) is 2.48. The molecule has 0 fully saturated rings. The van der Waals surface area contributed by atoms with Crippen LogP contribution in [0.4, 0.5) is 0 Å². The summed E-state index contributed by atoms with van der Waals surface area (Å²) in [5.74, 6) is 1.54. The standard InChI is InChI=1S/C12H9NO/c1-2-4-6-11(5-3-1)14-12-7-9-13-10-8-12/h1-3,5-10H. The first kappa shape index (κ1) is 8.54. The van der Waals surface area contributed by atoms with Crippen LogP contribution in [0.15, 0.2) is 66.4 Å². The first-order chi connectivity index (χ1) is 6.95. The molecule has 0 spiro atoms. The topological polar surface area (TPSA) is 22.1 Å². The summed E-state index contributed by atoms with van der Waals surface area (Å²) in [6.45, 7) is 0. The fourth-order valence-electron chi connectivity index (χ4n) is 1.05. The summed E-state index contributed by atoms with van der Waals surface area (Å²) in [7, 11) is 0. The Morgan fingerprint density at radius 1 is 1.14 bits per heavy atom. The first-order valence-electron chi connectivity index (χ1n) is 4.32. The quantitative estimate of drug-likeness (QED) is 0.657. The van der Waals surface area contributed by atoms with Crippen molar-refractivity contribution >= 4 is 0 Å². The number of aromatic nitrogens is 1. The van der Waals surface area contributed by atoms with Gasteiger partial charge in [0.2, 0.25) is 0 Å². The van der Waals surface area contributed by atoms with Gasteiger partial charge in [0.25, 0.3) is 0 Å². The zero-order valence-electron chi connectivity index (χ0n) is 7.55. The maximum absolute atomic E-state index is 5.57. The predicted molar refractivity (Wildman–Crippen MR) is 54.7 cm³/mol. The molecule has 68 valence electrons. The van der Waals surface area contributed by atoms with Gasteiger partial charge in [0.05, 0.1) is 0 Å². The summed E-state index contributed by atoms with van der Waals surface area (Å²) < 4.78 is 5.57. The molecular weight excluding hydrogens is 174 g/mol. The molecule has 0 unspecified atom stereocenters. The lowest BCUT2D eigenvalue weighted by Crippen LogP contribution is -1.90. The number of hydrogen-bond donors (Lipinski definition) is 0. The third-order valence-corrected chi connectivity index (χ3v) is 1.68. The molecule has 1 aliphatic rings. The monoisotopic (exact) mass is 183 g/mol. The van der Waals surface area contributed by atoms with Gasteiger partial charge in [0.15, 0.2) is 0 Å². The Morgan fingerprint density at radius 3 is 2.86 bits per heavy atom. The molecule has 0 saturated carbocycles. The van der Waals surface area contributed by atoms with Crippen LogP contribution in [0, 0.1) is 0 Å². The van der Waals surface area contributed by atoms with Crippen LogP contribution in [0.1, 0.15) is 0 Å². The molecule has 0 N–H and O–H groups in total. The predicted octanol–water partition coefficient (Wildman–Crippen LogP) is 2.63. The highest BCUT2D eigenvalue weighted by Gasteiger charge is 1.95. The molecule has 1 aromatic heterocycles. The third-order valence-electron chi connectivity index (χ3n) is 1.68. The SMILES string of the molecule is C1=CC=CC=C(Oc2ccncc2)C=1. The highest BCUT2D eigenvalue weighted by molar-refractivity contribution is 5.29. The summed E-state index contributed by atoms with van der Waals surface area (Å²) >= 11 is 0. The van der Waals surface area contributed by atoms with E-state index in [1.165, 1.54) is 0 Å². The van der Waals surface area contributed by atoms with Gasteiger partial charge in [-0.1, -0.05) is 12.2 Å². The second-order valence-corrected chi connectivity index (χ2v) is 2.72. The van der Waals surface area contributed by atoms with Gasteiger partial charge >= 0.3 is 0 Å². The van der Waals surface area contributed by atoms with Crippen molar-refractivity contribution in [3.63, 3.8) is 0 Å². The van der Waals surface area contributed by atoms with Crippen molar-refractivity contribution in [3.05, 3.63) is 66.4 Å². The van der Waals surface area contributed by atoms with Crippen molar-refractivity contribution < 1.29 is 4.74 Å². The summed E-state index contributed by atoms with van der Waals surface area (Å²) in [5, 5.41) is 0. The van der Waals surface area contributed by atoms with Crippen molar-refractivity contribution in [3.8, 4) is 5.75 Å². The second-order valence-electron chi connectivity index (χ2n) is 2.72. The van der Waals surface area contributed by atoms with Crippen LogP contribution in [0.25, 0.3) is 0 Å². The minimum Gasteiger partial charge on any atom is -0.457 e. The van der Waals surface area contributed by atoms with E-state index >= 15 is 0 Å². The summed E-state index contributed by atoms with van der Waals surface area (Å²) in [4.78, 5) is 3.91. The minimum atomic E-state index is 0.765. The zero-order chi connectivity index (χ0) is 9.64. The van der Waals surface area contributed by atoms with E-state index in [2.05, 4.69) is 10.7 Å². The average molecular weight is 183 g/mol. The first-order valence-corrected chi connectivity index (χ1v) is 4.32. The number of hydrogen-bond acceptors (Lipinski definition) is 2. The van der Waals surface area contributed by atoms with Crippen molar-refractivity contribution in [2.24, 2.45) is 0 Å². The van der Waals surface area contributed by atoms with Crippen molar-refractivity contribution in [2.75, 3.05) is 0 Å². The third kappa shape index (κ3) is 2.22. The Hall–Kier alpha value is -2.05. The van der Waals surface area contributed by atoms with E-state index in [1.807, 2.05) is 36.4 Å². The van der Waals surface area contributed by atoms with Crippen LogP contribution in [0.5, 0.6) is 5.75 Å². The van der Waals surface area contributed by atoms with Gasteiger partial charge in [-0.3, -0.25) is 4.98 Å². The molecule has 2 nitrogen and oxygen atoms in total. The maximum atomic E-state index is 5.57. The van der Waals surface area contributed by atoms with Crippen LogP contribution in [0.2, 0.25) is 0 Å². The smallest absolute Gasteiger partial charge is 0.135 e. The molecule has 0 radical (unpaired) electrons. The van der Waals surface area contributed by atoms with Crippen LogP contribution >= 0.6 is 0 Å². The lowest BCUT2D eigenvalue weighted by molar-refractivity contribution is 0.444. The molecule has 14 heavy (non-hydrogen) atoms. The van der Waals surface area contributed by atoms with E-state index in [9.17, 15) is 0 Å². The maximum Gasteiger partial charge on any atom is 0.135 e. The van der Waals surface area contributed by atoms with E-state index < -0.39 is 0 Å². The lowest BCUT2D eigenvalue weighted by Gasteiger charge is -2.03. The molecule has 0 bridgehead atoms. The number of ether oxygens (including phenoxy) is 1. The number of rotatable bonds is 2. The summed E-state index contributed by atoms with van der Waals surface area (Å²) in [6, 6.07) is 3.62. The molecule has 2 rings (SSSR count). The molecule has 2 heteroatoms. The Morgan fingerprint density at radius 2 is 2.00 bits per heavy atom. The van der Waals surface area contributed by atoms with E-state index in [0.29, 0.717) is 0 Å². The lowest BCUT2D eigenvalue weighted by atomic mass is 10.4. The van der Waals surface area contributed by atoms with Gasteiger partial charge in [-0.05, 0) is 24.3 Å². The number of pyridine rings is 1. The summed E-state index contributed by atoms with van der Waals surface area (Å²) in [6.07, 6.45) is 12.7. The molecule has 0 saturated heterocycles. The normalized spacial score (nSPS) is 13.6. The van der Waals surface area contributed by atoms with Gasteiger partial charge in [-0.2, -0.15) is 0 Å². The molecule has 1 heterocycles. The summed E-state index contributed by atoms with van der Waals surface area (Å²) in [5.41, 5.74) is 2.97. The molecule has 1 aromatic rings. The number of allylic oxidation sites excluding steroid dienone is 4. The van der Waals surface area contributed by atoms with Gasteiger partial charge in [0.1, 0.15) is 11.5 Å². The largest absolute Gasteiger partial charge is 0.457 e. The second kappa shape index (κ2) is 4.26. The van der Waals surface area contributed by atoms with E-state index in [4.69, 9.17) is 4.74 Å². The molecular formula is C12H9NO. The van der Waals surface area contributed by atoms with Gasteiger partial charge < -0.3 is 4.74 Å². The Kier molecular flexibility index (Phi) is 2.60. The molecule has 0 atom stereocenters. The van der Waals surface area contributed by atoms with Crippen molar-refractivity contribution in [2.45, 2.75) is 0 Å². The fraction of sp³-hybridized carbons (Fsp3) is 0. The fourth-order valence-corrected chi connectivity index (χ4v) is 1.05. The number of nitrogens with zero attached hydrogens (tertiary/aromatic N) is 1. The highest BCUT2D eigenvalue weighted by Crippen LogP contribution is 2.12. The molecule has 1 aliphatic carbocycles. The molecule has 0 aromatic carbocycles. The Labute approximate surface area is 82.6 Å². The zero-order valence-corrected chi connectivity index (χ0v) is 7.55. The van der Waals surface area contributed by atoms with Gasteiger partial charge in [-0.25, -0.2) is 0 Å². The van der Waals surface area contributed by atoms with Crippen molar-refractivity contribution in [1.29, 1.82) is 0 Å².